The van der Waals surface area contributed by atoms with Gasteiger partial charge in [0.05, 0.1) is 0 Å². The molecule has 42 heavy (non-hydrogen) atoms. The van der Waals surface area contributed by atoms with Crippen molar-refractivity contribution in [3.63, 3.8) is 0 Å². The van der Waals surface area contributed by atoms with E-state index in [0.29, 0.717) is 5.95 Å². The van der Waals surface area contributed by atoms with Gasteiger partial charge in [0, 0.05) is 23.8 Å². The summed E-state index contributed by atoms with van der Waals surface area (Å²) in [6, 6.07) is 35.1. The number of hydrogen-bond acceptors (Lipinski definition) is 3. The highest BCUT2D eigenvalue weighted by Gasteiger charge is 2.28. The molecule has 0 aliphatic carbocycles. The van der Waals surface area contributed by atoms with Gasteiger partial charge >= 0.3 is 0 Å². The van der Waals surface area contributed by atoms with Gasteiger partial charge in [-0.05, 0) is 82.6 Å². The maximum absolute atomic E-state index is 4.64. The first-order valence-corrected chi connectivity index (χ1v) is 14.6. The predicted molar refractivity (Wildman–Crippen MR) is 180 cm³/mol. The number of rotatable bonds is 6. The molecule has 6 rings (SSSR count). The second-order valence-electron chi connectivity index (χ2n) is 11.6. The Hall–Kier alpha value is -4.70. The lowest BCUT2D eigenvalue weighted by molar-refractivity contribution is 1.08. The molecule has 3 nitrogen and oxygen atoms in total. The van der Waals surface area contributed by atoms with Gasteiger partial charge in [0.2, 0.25) is 12.7 Å². The fourth-order valence-electron chi connectivity index (χ4n) is 6.69. The van der Waals surface area contributed by atoms with Crippen molar-refractivity contribution in [1.29, 1.82) is 0 Å². The van der Waals surface area contributed by atoms with Crippen LogP contribution in [0.2, 0.25) is 0 Å². The molecule has 4 heteroatoms. The van der Waals surface area contributed by atoms with Gasteiger partial charge < -0.3 is 0 Å². The smallest absolute Gasteiger partial charge is 0.242 e. The zero-order valence-corrected chi connectivity index (χ0v) is 25.3. The van der Waals surface area contributed by atoms with E-state index in [-0.39, 0.29) is 6.71 Å². The van der Waals surface area contributed by atoms with E-state index in [0.717, 1.165) is 11.4 Å². The summed E-state index contributed by atoms with van der Waals surface area (Å²) in [5, 5.41) is 2.39. The first-order chi connectivity index (χ1) is 20.3. The van der Waals surface area contributed by atoms with Crippen LogP contribution in [0.15, 0.2) is 109 Å². The Kier molecular flexibility index (Phi) is 7.39. The first kappa shape index (κ1) is 27.5. The Balaban J connectivity index is 1.51. The van der Waals surface area contributed by atoms with Gasteiger partial charge in [0.15, 0.2) is 0 Å². The standard InChI is InChI=1S/C38H36BN3/c1-25-20-27(3)36(28(4)21-25)39(37-29(5)22-26(2)23-30(37)6)33-13-16-34(17-14-33)42(38-40-18-9-19-41-38)35-15-12-31-10-7-8-11-32(31)24-35/h7-24H,1-6H3. The van der Waals surface area contributed by atoms with Crippen molar-refractivity contribution in [3.8, 4) is 0 Å². The molecule has 0 N–H and O–H groups in total. The molecule has 6 aromatic rings. The average Bonchev–Trinajstić information content (AvgIpc) is 2.96. The van der Waals surface area contributed by atoms with Crippen LogP contribution in [-0.4, -0.2) is 16.7 Å². The highest BCUT2D eigenvalue weighted by atomic mass is 15.3. The van der Waals surface area contributed by atoms with Gasteiger partial charge in [-0.15, -0.1) is 0 Å². The third-order valence-corrected chi connectivity index (χ3v) is 8.28. The van der Waals surface area contributed by atoms with Gasteiger partial charge in [-0.2, -0.15) is 0 Å². The molecule has 0 saturated carbocycles. The second kappa shape index (κ2) is 11.3. The lowest BCUT2D eigenvalue weighted by atomic mass is 9.34. The van der Waals surface area contributed by atoms with Gasteiger partial charge in [0.1, 0.15) is 0 Å². The minimum absolute atomic E-state index is 0.127. The molecule has 206 valence electrons. The second-order valence-corrected chi connectivity index (χ2v) is 11.6. The van der Waals surface area contributed by atoms with Crippen LogP contribution in [0.3, 0.4) is 0 Å². The number of anilines is 3. The number of aromatic nitrogens is 2. The molecule has 0 fully saturated rings. The summed E-state index contributed by atoms with van der Waals surface area (Å²) in [7, 11) is 0. The van der Waals surface area contributed by atoms with Gasteiger partial charge in [0.25, 0.3) is 0 Å². The lowest BCUT2D eigenvalue weighted by Gasteiger charge is -2.26. The van der Waals surface area contributed by atoms with Crippen molar-refractivity contribution in [3.05, 3.63) is 143 Å². The van der Waals surface area contributed by atoms with E-state index in [1.807, 2.05) is 6.07 Å². The summed E-state index contributed by atoms with van der Waals surface area (Å²) in [5.74, 6) is 0.646. The highest BCUT2D eigenvalue weighted by Crippen LogP contribution is 2.33. The Labute approximate surface area is 250 Å². The summed E-state index contributed by atoms with van der Waals surface area (Å²) >= 11 is 0. The van der Waals surface area contributed by atoms with Crippen LogP contribution in [0.5, 0.6) is 0 Å². The van der Waals surface area contributed by atoms with E-state index in [2.05, 4.69) is 147 Å². The van der Waals surface area contributed by atoms with E-state index in [1.165, 1.54) is 60.5 Å². The van der Waals surface area contributed by atoms with Crippen LogP contribution < -0.4 is 21.3 Å². The third kappa shape index (κ3) is 5.21. The topological polar surface area (TPSA) is 29.0 Å². The molecule has 0 bridgehead atoms. The molecule has 0 saturated heterocycles. The fraction of sp³-hybridized carbons (Fsp3) is 0.158. The zero-order chi connectivity index (χ0) is 29.4. The molecule has 0 amide bonds. The largest absolute Gasteiger partial charge is 0.279 e. The maximum atomic E-state index is 4.64. The van der Waals surface area contributed by atoms with E-state index in [9.17, 15) is 0 Å². The quantitative estimate of drug-likeness (QED) is 0.203. The molecule has 1 heterocycles. The Morgan fingerprint density at radius 1 is 0.500 bits per heavy atom. The summed E-state index contributed by atoms with van der Waals surface area (Å²) < 4.78 is 0. The van der Waals surface area contributed by atoms with Crippen molar-refractivity contribution in [2.75, 3.05) is 4.90 Å². The van der Waals surface area contributed by atoms with Gasteiger partial charge in [-0.25, -0.2) is 9.97 Å². The van der Waals surface area contributed by atoms with E-state index in [4.69, 9.17) is 0 Å². The summed E-state index contributed by atoms with van der Waals surface area (Å²) in [4.78, 5) is 11.4. The Morgan fingerprint density at radius 2 is 1.00 bits per heavy atom. The van der Waals surface area contributed by atoms with Crippen LogP contribution >= 0.6 is 0 Å². The monoisotopic (exact) mass is 545 g/mol. The normalized spacial score (nSPS) is 11.1. The number of hydrogen-bond donors (Lipinski definition) is 0. The van der Waals surface area contributed by atoms with E-state index >= 15 is 0 Å². The van der Waals surface area contributed by atoms with Crippen molar-refractivity contribution >= 4 is 51.2 Å². The zero-order valence-electron chi connectivity index (χ0n) is 25.3. The number of benzene rings is 5. The Bertz CT molecular complexity index is 1790. The van der Waals surface area contributed by atoms with Crippen molar-refractivity contribution in [2.45, 2.75) is 41.5 Å². The molecule has 5 aromatic carbocycles. The minimum Gasteiger partial charge on any atom is -0.279 e. The third-order valence-electron chi connectivity index (χ3n) is 8.28. The maximum Gasteiger partial charge on any atom is 0.242 e. The van der Waals surface area contributed by atoms with Crippen LogP contribution in [0.1, 0.15) is 33.4 Å². The van der Waals surface area contributed by atoms with Crippen LogP contribution in [0, 0.1) is 41.5 Å². The van der Waals surface area contributed by atoms with Crippen LogP contribution in [-0.2, 0) is 0 Å². The highest BCUT2D eigenvalue weighted by molar-refractivity contribution is 6.96. The summed E-state index contributed by atoms with van der Waals surface area (Å²) in [6.07, 6.45) is 3.60. The van der Waals surface area contributed by atoms with Gasteiger partial charge in [-0.3, -0.25) is 4.90 Å². The summed E-state index contributed by atoms with van der Waals surface area (Å²) in [6.45, 7) is 13.5. The number of fused-ring (bicyclic) bond motifs is 1. The molecule has 0 aliphatic rings. The number of nitrogens with zero attached hydrogens (tertiary/aromatic N) is 3. The molecule has 0 unspecified atom stereocenters. The number of aryl methyl sites for hydroxylation is 6. The lowest BCUT2D eigenvalue weighted by Crippen LogP contribution is -2.55. The van der Waals surface area contributed by atoms with Crippen molar-refractivity contribution in [2.24, 2.45) is 0 Å². The molecule has 0 aliphatic heterocycles. The van der Waals surface area contributed by atoms with Crippen LogP contribution in [0.25, 0.3) is 10.8 Å². The fourth-order valence-corrected chi connectivity index (χ4v) is 6.69. The van der Waals surface area contributed by atoms with Gasteiger partial charge in [-0.1, -0.05) is 116 Å². The predicted octanol–water partition coefficient (Wildman–Crippen LogP) is 7.47. The van der Waals surface area contributed by atoms with E-state index < -0.39 is 0 Å². The Morgan fingerprint density at radius 3 is 1.55 bits per heavy atom. The molecule has 0 atom stereocenters. The molecular weight excluding hydrogens is 509 g/mol. The molecule has 0 spiro atoms. The molecule has 0 radical (unpaired) electrons. The molecule has 1 aromatic heterocycles. The summed E-state index contributed by atoms with van der Waals surface area (Å²) in [5.41, 5.74) is 14.0. The molecular formula is C38H36BN3. The van der Waals surface area contributed by atoms with Crippen LogP contribution in [0.4, 0.5) is 17.3 Å². The average molecular weight is 546 g/mol. The van der Waals surface area contributed by atoms with Crippen molar-refractivity contribution in [1.82, 2.24) is 9.97 Å². The first-order valence-electron chi connectivity index (χ1n) is 14.6. The SMILES string of the molecule is Cc1cc(C)c(B(c2ccc(N(c3ccc4ccccc4c3)c3ncccn3)cc2)c2c(C)cc(C)cc2C)c(C)c1. The minimum atomic E-state index is 0.127. The van der Waals surface area contributed by atoms with E-state index in [1.54, 1.807) is 12.4 Å². The van der Waals surface area contributed by atoms with Crippen molar-refractivity contribution < 1.29 is 0 Å².